The van der Waals surface area contributed by atoms with Crippen molar-refractivity contribution in [2.75, 3.05) is 26.2 Å². The van der Waals surface area contributed by atoms with Crippen molar-refractivity contribution in [2.45, 2.75) is 33.8 Å². The summed E-state index contributed by atoms with van der Waals surface area (Å²) in [6.45, 7) is 9.54. The molecule has 0 radical (unpaired) electrons. The van der Waals surface area contributed by atoms with Crippen molar-refractivity contribution in [3.8, 4) is 0 Å². The number of rotatable bonds is 5. The van der Waals surface area contributed by atoms with E-state index < -0.39 is 0 Å². The lowest BCUT2D eigenvalue weighted by atomic mass is 10.1. The van der Waals surface area contributed by atoms with Crippen LogP contribution < -0.4 is 5.32 Å². The molecular weight excluding hydrogens is 296 g/mol. The highest BCUT2D eigenvalue weighted by molar-refractivity contribution is 5.96. The number of carbonyl (C=O) groups excluding carboxylic acids is 2. The molecular formula is C16H26N4O3. The molecule has 1 aliphatic rings. The van der Waals surface area contributed by atoms with Gasteiger partial charge in [-0.15, -0.1) is 0 Å². The van der Waals surface area contributed by atoms with Gasteiger partial charge in [0.15, 0.2) is 0 Å². The maximum Gasteiger partial charge on any atom is 0.255 e. The van der Waals surface area contributed by atoms with Gasteiger partial charge in [-0.05, 0) is 19.8 Å². The molecule has 1 N–H and O–H groups in total. The number of ether oxygens (including phenoxy) is 1. The average Bonchev–Trinajstić information content (AvgIpc) is 2.72. The molecule has 7 nitrogen and oxygen atoms in total. The van der Waals surface area contributed by atoms with Crippen molar-refractivity contribution in [1.29, 1.82) is 0 Å². The molecule has 7 heteroatoms. The van der Waals surface area contributed by atoms with Crippen molar-refractivity contribution in [2.24, 2.45) is 13.0 Å². The number of morpholine rings is 1. The van der Waals surface area contributed by atoms with Crippen LogP contribution in [0.2, 0.25) is 0 Å². The van der Waals surface area contributed by atoms with Gasteiger partial charge in [-0.3, -0.25) is 14.3 Å². The third-order valence-electron chi connectivity index (χ3n) is 4.03. The van der Waals surface area contributed by atoms with Gasteiger partial charge in [0.25, 0.3) is 5.91 Å². The molecule has 1 unspecified atom stereocenters. The van der Waals surface area contributed by atoms with Crippen molar-refractivity contribution < 1.29 is 14.3 Å². The van der Waals surface area contributed by atoms with Gasteiger partial charge in [-0.2, -0.15) is 5.10 Å². The van der Waals surface area contributed by atoms with Gasteiger partial charge in [-0.25, -0.2) is 0 Å². The van der Waals surface area contributed by atoms with Gasteiger partial charge >= 0.3 is 0 Å². The van der Waals surface area contributed by atoms with Crippen LogP contribution in [0.1, 0.15) is 35.6 Å². The number of nitrogens with one attached hydrogen (secondary N) is 1. The minimum absolute atomic E-state index is 0.0141. The van der Waals surface area contributed by atoms with Gasteiger partial charge in [0.1, 0.15) is 6.61 Å². The summed E-state index contributed by atoms with van der Waals surface area (Å²) in [5.74, 6) is 0.275. The molecule has 2 heterocycles. The number of nitrogens with zero attached hydrogens (tertiary/aromatic N) is 3. The molecule has 128 valence electrons. The number of aryl methyl sites for hydroxylation is 2. The topological polar surface area (TPSA) is 76.5 Å². The summed E-state index contributed by atoms with van der Waals surface area (Å²) < 4.78 is 7.23. The average molecular weight is 322 g/mol. The molecule has 2 rings (SSSR count). The fourth-order valence-corrected chi connectivity index (χ4v) is 2.82. The first-order chi connectivity index (χ1) is 10.8. The SMILES string of the molecule is Cc1nn(C)c(C)c1C(=O)NCC1CN(CC(C)C)C(=O)CO1. The van der Waals surface area contributed by atoms with Crippen LogP contribution in [0.4, 0.5) is 0 Å². The second-order valence-electron chi connectivity index (χ2n) is 6.51. The van der Waals surface area contributed by atoms with E-state index in [2.05, 4.69) is 24.3 Å². The zero-order valence-corrected chi connectivity index (χ0v) is 14.5. The Kier molecular flexibility index (Phi) is 5.41. The Bertz CT molecular complexity index is 594. The lowest BCUT2D eigenvalue weighted by Gasteiger charge is -2.33. The first-order valence-corrected chi connectivity index (χ1v) is 7.97. The van der Waals surface area contributed by atoms with Crippen LogP contribution in [-0.2, 0) is 16.6 Å². The number of hydrogen-bond donors (Lipinski definition) is 1. The van der Waals surface area contributed by atoms with E-state index in [1.165, 1.54) is 0 Å². The molecule has 1 saturated heterocycles. The summed E-state index contributed by atoms with van der Waals surface area (Å²) >= 11 is 0. The van der Waals surface area contributed by atoms with E-state index in [9.17, 15) is 9.59 Å². The summed E-state index contributed by atoms with van der Waals surface area (Å²) in [5.41, 5.74) is 2.16. The van der Waals surface area contributed by atoms with E-state index in [0.29, 0.717) is 36.8 Å². The predicted octanol–water partition coefficient (Wildman–Crippen LogP) is 0.650. The van der Waals surface area contributed by atoms with E-state index in [1.54, 1.807) is 4.68 Å². The molecule has 23 heavy (non-hydrogen) atoms. The first-order valence-electron chi connectivity index (χ1n) is 7.97. The third-order valence-corrected chi connectivity index (χ3v) is 4.03. The molecule has 1 atom stereocenters. The van der Waals surface area contributed by atoms with Crippen LogP contribution in [0.25, 0.3) is 0 Å². The molecule has 2 amide bonds. The molecule has 0 aromatic carbocycles. The fraction of sp³-hybridized carbons (Fsp3) is 0.688. The summed E-state index contributed by atoms with van der Waals surface area (Å²) in [6, 6.07) is 0. The number of aromatic nitrogens is 2. The molecule has 1 aromatic rings. The highest BCUT2D eigenvalue weighted by Gasteiger charge is 2.27. The van der Waals surface area contributed by atoms with Crippen LogP contribution >= 0.6 is 0 Å². The van der Waals surface area contributed by atoms with Crippen LogP contribution in [0.3, 0.4) is 0 Å². The number of amides is 2. The monoisotopic (exact) mass is 322 g/mol. The van der Waals surface area contributed by atoms with Gasteiger partial charge in [0.2, 0.25) is 5.91 Å². The fourth-order valence-electron chi connectivity index (χ4n) is 2.82. The van der Waals surface area contributed by atoms with Gasteiger partial charge < -0.3 is 15.0 Å². The molecule has 1 aliphatic heterocycles. The van der Waals surface area contributed by atoms with Crippen LogP contribution in [0.15, 0.2) is 0 Å². The summed E-state index contributed by atoms with van der Waals surface area (Å²) in [5, 5.41) is 7.15. The molecule has 0 spiro atoms. The standard InChI is InChI=1S/C16H26N4O3/c1-10(2)7-20-8-13(23-9-14(20)21)6-17-16(22)15-11(3)18-19(5)12(15)4/h10,13H,6-9H2,1-5H3,(H,17,22). The highest BCUT2D eigenvalue weighted by Crippen LogP contribution is 2.12. The zero-order valence-electron chi connectivity index (χ0n) is 14.5. The largest absolute Gasteiger partial charge is 0.365 e. The Balaban J connectivity index is 1.92. The Hall–Kier alpha value is -1.89. The lowest BCUT2D eigenvalue weighted by molar-refractivity contribution is -0.149. The van der Waals surface area contributed by atoms with Crippen molar-refractivity contribution in [3.05, 3.63) is 17.0 Å². The van der Waals surface area contributed by atoms with E-state index in [1.807, 2.05) is 25.8 Å². The predicted molar refractivity (Wildman–Crippen MR) is 86.2 cm³/mol. The second-order valence-corrected chi connectivity index (χ2v) is 6.51. The van der Waals surface area contributed by atoms with Gasteiger partial charge in [-0.1, -0.05) is 13.8 Å². The smallest absolute Gasteiger partial charge is 0.255 e. The highest BCUT2D eigenvalue weighted by atomic mass is 16.5. The van der Waals surface area contributed by atoms with Crippen molar-refractivity contribution in [3.63, 3.8) is 0 Å². The van der Waals surface area contributed by atoms with E-state index in [0.717, 1.165) is 5.69 Å². The Morgan fingerprint density at radius 2 is 2.13 bits per heavy atom. The van der Waals surface area contributed by atoms with E-state index in [-0.39, 0.29) is 24.5 Å². The summed E-state index contributed by atoms with van der Waals surface area (Å²) in [6.07, 6.45) is -0.173. The van der Waals surface area contributed by atoms with Crippen LogP contribution in [-0.4, -0.2) is 58.8 Å². The first kappa shape index (κ1) is 17.5. The zero-order chi connectivity index (χ0) is 17.1. The Morgan fingerprint density at radius 1 is 1.43 bits per heavy atom. The van der Waals surface area contributed by atoms with Crippen LogP contribution in [0, 0.1) is 19.8 Å². The molecule has 0 aliphatic carbocycles. The maximum atomic E-state index is 12.4. The molecule has 0 bridgehead atoms. The molecule has 1 fully saturated rings. The lowest BCUT2D eigenvalue weighted by Crippen LogP contribution is -2.51. The number of carbonyl (C=O) groups is 2. The van der Waals surface area contributed by atoms with Crippen molar-refractivity contribution >= 4 is 11.8 Å². The van der Waals surface area contributed by atoms with E-state index in [4.69, 9.17) is 4.74 Å². The normalized spacial score (nSPS) is 18.6. The maximum absolute atomic E-state index is 12.4. The Morgan fingerprint density at radius 3 is 2.70 bits per heavy atom. The summed E-state index contributed by atoms with van der Waals surface area (Å²) in [4.78, 5) is 26.0. The Labute approximate surface area is 137 Å². The van der Waals surface area contributed by atoms with Crippen LogP contribution in [0.5, 0.6) is 0 Å². The molecule has 0 saturated carbocycles. The minimum Gasteiger partial charge on any atom is -0.365 e. The van der Waals surface area contributed by atoms with Gasteiger partial charge in [0.05, 0.1) is 17.4 Å². The van der Waals surface area contributed by atoms with E-state index >= 15 is 0 Å². The molecule has 1 aromatic heterocycles. The second kappa shape index (κ2) is 7.12. The third kappa shape index (κ3) is 4.10. The number of hydrogen-bond acceptors (Lipinski definition) is 4. The van der Waals surface area contributed by atoms with Crippen molar-refractivity contribution in [1.82, 2.24) is 20.0 Å². The quantitative estimate of drug-likeness (QED) is 0.863. The minimum atomic E-state index is -0.173. The van der Waals surface area contributed by atoms with Gasteiger partial charge in [0, 0.05) is 32.4 Å². The summed E-state index contributed by atoms with van der Waals surface area (Å²) in [7, 11) is 1.82.